The van der Waals surface area contributed by atoms with E-state index in [4.69, 9.17) is 9.47 Å². The monoisotopic (exact) mass is 358 g/mol. The van der Waals surface area contributed by atoms with E-state index in [1.54, 1.807) is 0 Å². The van der Waals surface area contributed by atoms with Gasteiger partial charge < -0.3 is 9.47 Å². The van der Waals surface area contributed by atoms with E-state index in [1.807, 2.05) is 24.3 Å². The number of methoxy groups -OCH3 is 1. The molecule has 1 unspecified atom stereocenters. The molecule has 0 saturated heterocycles. The molecule has 0 N–H and O–H groups in total. The lowest BCUT2D eigenvalue weighted by molar-refractivity contribution is -0.149. The molecule has 136 valence electrons. The van der Waals surface area contributed by atoms with Crippen molar-refractivity contribution in [2.75, 3.05) is 13.7 Å². The molecule has 0 bridgehead atoms. The van der Waals surface area contributed by atoms with Crippen LogP contribution in [0.2, 0.25) is 0 Å². The number of carbonyl (C=O) groups is 1. The molecule has 1 atom stereocenters. The van der Waals surface area contributed by atoms with Gasteiger partial charge >= 0.3 is 5.97 Å². The molecule has 3 nitrogen and oxygen atoms in total. The highest BCUT2D eigenvalue weighted by molar-refractivity contribution is 5.85. The van der Waals surface area contributed by atoms with Crippen molar-refractivity contribution >= 4 is 22.8 Å². The number of hydrogen-bond acceptors (Lipinski definition) is 3. The highest BCUT2D eigenvalue weighted by Gasteiger charge is 2.16. The van der Waals surface area contributed by atoms with Crippen molar-refractivity contribution in [1.29, 1.82) is 0 Å². The molecule has 1 aliphatic rings. The smallest absolute Gasteiger partial charge is 0.333 e. The molecular formula is C24H22O3. The molecular weight excluding hydrogens is 336 g/mol. The zero-order valence-corrected chi connectivity index (χ0v) is 15.5. The number of benzene rings is 2. The second-order valence-corrected chi connectivity index (χ2v) is 6.34. The van der Waals surface area contributed by atoms with Gasteiger partial charge in [0.15, 0.2) is 6.10 Å². The third-order valence-electron chi connectivity index (χ3n) is 4.21. The molecule has 27 heavy (non-hydrogen) atoms. The van der Waals surface area contributed by atoms with E-state index >= 15 is 0 Å². The fourth-order valence-electron chi connectivity index (χ4n) is 2.86. The summed E-state index contributed by atoms with van der Waals surface area (Å²) in [6.07, 6.45) is 4.91. The van der Waals surface area contributed by atoms with E-state index in [-0.39, 0.29) is 6.61 Å². The predicted octanol–water partition coefficient (Wildman–Crippen LogP) is 4.36. The van der Waals surface area contributed by atoms with Gasteiger partial charge in [0.2, 0.25) is 0 Å². The lowest BCUT2D eigenvalue weighted by atomic mass is 10.0. The maximum atomic E-state index is 11.9. The molecule has 0 saturated carbocycles. The molecule has 3 heteroatoms. The summed E-state index contributed by atoms with van der Waals surface area (Å²) in [7, 11) is 1.46. The van der Waals surface area contributed by atoms with Gasteiger partial charge in [-0.05, 0) is 41.3 Å². The molecule has 3 rings (SSSR count). The van der Waals surface area contributed by atoms with E-state index in [1.165, 1.54) is 12.5 Å². The van der Waals surface area contributed by atoms with Crippen LogP contribution in [0.15, 0.2) is 48.0 Å². The van der Waals surface area contributed by atoms with E-state index in [0.717, 1.165) is 36.6 Å². The van der Waals surface area contributed by atoms with Crippen molar-refractivity contribution in [2.24, 2.45) is 0 Å². The standard InChI is InChI=1S/C24H22O3/c1-26-18-24(25)27-23-13-7-5-3-2-4-6-12-22(23)17-19-14-15-20-10-8-9-11-21(20)16-19/h8-11,14-17,23H,2-5,18H2,1H3/b22-17-. The zero-order chi connectivity index (χ0) is 18.9. The zero-order valence-electron chi connectivity index (χ0n) is 15.5. The fourth-order valence-corrected chi connectivity index (χ4v) is 2.86. The molecule has 2 aromatic rings. The second-order valence-electron chi connectivity index (χ2n) is 6.34. The Balaban J connectivity index is 1.97. The maximum absolute atomic E-state index is 11.9. The molecule has 1 aliphatic carbocycles. The van der Waals surface area contributed by atoms with Crippen LogP contribution in [0.5, 0.6) is 0 Å². The topological polar surface area (TPSA) is 35.5 Å². The van der Waals surface area contributed by atoms with Crippen LogP contribution in [0.4, 0.5) is 0 Å². The first-order chi connectivity index (χ1) is 13.3. The third-order valence-corrected chi connectivity index (χ3v) is 4.21. The van der Waals surface area contributed by atoms with Crippen LogP contribution in [-0.4, -0.2) is 25.8 Å². The van der Waals surface area contributed by atoms with Gasteiger partial charge in [0, 0.05) is 20.0 Å². The van der Waals surface area contributed by atoms with Crippen molar-refractivity contribution in [1.82, 2.24) is 0 Å². The molecule has 0 radical (unpaired) electrons. The first-order valence-electron chi connectivity index (χ1n) is 9.12. The number of esters is 1. The molecule has 2 aromatic carbocycles. The summed E-state index contributed by atoms with van der Waals surface area (Å²) in [5, 5.41) is 2.33. The van der Waals surface area contributed by atoms with Crippen molar-refractivity contribution in [3.8, 4) is 23.7 Å². The minimum Gasteiger partial charge on any atom is -0.442 e. The lowest BCUT2D eigenvalue weighted by Gasteiger charge is -2.13. The third kappa shape index (κ3) is 5.48. The maximum Gasteiger partial charge on any atom is 0.333 e. The van der Waals surface area contributed by atoms with E-state index in [2.05, 4.69) is 47.9 Å². The van der Waals surface area contributed by atoms with Gasteiger partial charge in [0.1, 0.15) is 6.61 Å². The van der Waals surface area contributed by atoms with Crippen LogP contribution in [-0.2, 0) is 14.3 Å². The first-order valence-corrected chi connectivity index (χ1v) is 9.12. The van der Waals surface area contributed by atoms with Crippen LogP contribution in [0.1, 0.15) is 31.2 Å². The molecule has 0 heterocycles. The quantitative estimate of drug-likeness (QED) is 0.602. The van der Waals surface area contributed by atoms with Crippen LogP contribution >= 0.6 is 0 Å². The van der Waals surface area contributed by atoms with Crippen molar-refractivity contribution in [2.45, 2.75) is 31.8 Å². The average Bonchev–Trinajstić information content (AvgIpc) is 2.68. The number of carbonyl (C=O) groups excluding carboxylic acids is 1. The molecule has 0 aliphatic heterocycles. The van der Waals surface area contributed by atoms with Crippen molar-refractivity contribution in [3.05, 3.63) is 53.6 Å². The largest absolute Gasteiger partial charge is 0.442 e. The minimum absolute atomic E-state index is 0.102. The van der Waals surface area contributed by atoms with E-state index in [9.17, 15) is 4.79 Å². The number of fused-ring (bicyclic) bond motifs is 1. The Labute approximate surface area is 160 Å². The Kier molecular flexibility index (Phi) is 6.69. The van der Waals surface area contributed by atoms with Gasteiger partial charge in [-0.3, -0.25) is 0 Å². The number of rotatable bonds is 4. The fraction of sp³-hybridized carbons (Fsp3) is 0.292. The molecule has 0 amide bonds. The summed E-state index contributed by atoms with van der Waals surface area (Å²) < 4.78 is 10.4. The van der Waals surface area contributed by atoms with Crippen LogP contribution in [0.3, 0.4) is 0 Å². The molecule has 0 spiro atoms. The summed E-state index contributed by atoms with van der Waals surface area (Å²) >= 11 is 0. The Morgan fingerprint density at radius 1 is 1.11 bits per heavy atom. The summed E-state index contributed by atoms with van der Waals surface area (Å²) in [6, 6.07) is 14.4. The Morgan fingerprint density at radius 2 is 1.89 bits per heavy atom. The van der Waals surface area contributed by atoms with Crippen LogP contribution in [0, 0.1) is 23.7 Å². The van der Waals surface area contributed by atoms with E-state index in [0.29, 0.717) is 5.57 Å². The van der Waals surface area contributed by atoms with Crippen LogP contribution in [0.25, 0.3) is 16.8 Å². The van der Waals surface area contributed by atoms with Gasteiger partial charge in [-0.1, -0.05) is 60.1 Å². The van der Waals surface area contributed by atoms with Gasteiger partial charge in [-0.25, -0.2) is 4.79 Å². The van der Waals surface area contributed by atoms with E-state index < -0.39 is 12.1 Å². The summed E-state index contributed by atoms with van der Waals surface area (Å²) in [5.74, 6) is 12.1. The summed E-state index contributed by atoms with van der Waals surface area (Å²) in [4.78, 5) is 11.9. The van der Waals surface area contributed by atoms with Crippen molar-refractivity contribution < 1.29 is 14.3 Å². The predicted molar refractivity (Wildman–Crippen MR) is 108 cm³/mol. The summed E-state index contributed by atoms with van der Waals surface area (Å²) in [5.41, 5.74) is 1.70. The lowest BCUT2D eigenvalue weighted by Crippen LogP contribution is -2.21. The Bertz CT molecular complexity index is 964. The van der Waals surface area contributed by atoms with Crippen LogP contribution < -0.4 is 0 Å². The highest BCUT2D eigenvalue weighted by atomic mass is 16.6. The minimum atomic E-state index is -0.676. The highest BCUT2D eigenvalue weighted by Crippen LogP contribution is 2.19. The first kappa shape index (κ1) is 18.8. The Hall–Kier alpha value is -3.01. The second kappa shape index (κ2) is 9.62. The van der Waals surface area contributed by atoms with Gasteiger partial charge in [-0.15, -0.1) is 0 Å². The van der Waals surface area contributed by atoms with Gasteiger partial charge in [0.25, 0.3) is 0 Å². The Morgan fingerprint density at radius 3 is 2.70 bits per heavy atom. The SMILES string of the molecule is COCC(=O)OC1C#CCCCCC#C/C1=C/c1ccc2ccccc2c1. The van der Waals surface area contributed by atoms with Crippen molar-refractivity contribution in [3.63, 3.8) is 0 Å². The molecule has 0 fully saturated rings. The van der Waals surface area contributed by atoms with Gasteiger partial charge in [0.05, 0.1) is 5.57 Å². The number of ether oxygens (including phenoxy) is 2. The molecule has 0 aromatic heterocycles. The number of hydrogen-bond donors (Lipinski definition) is 0. The van der Waals surface area contributed by atoms with Gasteiger partial charge in [-0.2, -0.15) is 0 Å². The normalized spacial score (nSPS) is 18.1. The average molecular weight is 358 g/mol. The summed E-state index contributed by atoms with van der Waals surface area (Å²) in [6.45, 7) is -0.102.